The van der Waals surface area contributed by atoms with Crippen LogP contribution in [0.2, 0.25) is 0 Å². The summed E-state index contributed by atoms with van der Waals surface area (Å²) < 4.78 is 14.4. The van der Waals surface area contributed by atoms with Crippen LogP contribution < -0.4 is 11.2 Å². The number of amides is 1. The summed E-state index contributed by atoms with van der Waals surface area (Å²) in [5.41, 5.74) is 2.91. The molecule has 28 heavy (non-hydrogen) atoms. The van der Waals surface area contributed by atoms with Crippen molar-refractivity contribution in [3.05, 3.63) is 65.5 Å². The molecule has 1 amide bonds. The van der Waals surface area contributed by atoms with Crippen molar-refractivity contribution in [1.82, 2.24) is 20.2 Å². The number of nitrogen functional groups attached to an aromatic ring is 1. The lowest BCUT2D eigenvalue weighted by atomic mass is 10.0. The molecule has 146 valence electrons. The van der Waals surface area contributed by atoms with Crippen molar-refractivity contribution in [3.63, 3.8) is 0 Å². The number of hydrogen-bond donors (Lipinski definition) is 2. The van der Waals surface area contributed by atoms with Crippen molar-refractivity contribution in [2.75, 3.05) is 11.6 Å². The Balaban J connectivity index is 1.61. The number of halogens is 1. The number of benzene rings is 2. The van der Waals surface area contributed by atoms with Gasteiger partial charge in [0.25, 0.3) is 0 Å². The average molecular weight is 399 g/mol. The predicted octanol–water partition coefficient (Wildman–Crippen LogP) is 3.47. The van der Waals surface area contributed by atoms with E-state index in [1.807, 2.05) is 38.1 Å². The fourth-order valence-corrected chi connectivity index (χ4v) is 3.42. The first kappa shape index (κ1) is 19.9. The van der Waals surface area contributed by atoms with E-state index < -0.39 is 0 Å². The fraction of sp³-hybridized carbons (Fsp3) is 0.250. The molecular weight excluding hydrogens is 377 g/mol. The van der Waals surface area contributed by atoms with Gasteiger partial charge in [0.05, 0.1) is 11.8 Å². The summed E-state index contributed by atoms with van der Waals surface area (Å²) in [6.07, 6.45) is 0.793. The summed E-state index contributed by atoms with van der Waals surface area (Å²) >= 11 is 1.20. The summed E-state index contributed by atoms with van der Waals surface area (Å²) in [4.78, 5) is 12.4. The molecule has 0 aliphatic heterocycles. The van der Waals surface area contributed by atoms with Crippen molar-refractivity contribution >= 4 is 17.7 Å². The first-order valence-corrected chi connectivity index (χ1v) is 9.91. The summed E-state index contributed by atoms with van der Waals surface area (Å²) in [6.45, 7) is 4.06. The number of nitrogens with zero attached hydrogens (tertiary/aromatic N) is 3. The van der Waals surface area contributed by atoms with Gasteiger partial charge in [-0.15, -0.1) is 10.2 Å². The zero-order valence-corrected chi connectivity index (χ0v) is 16.5. The van der Waals surface area contributed by atoms with Gasteiger partial charge in [-0.3, -0.25) is 4.79 Å². The predicted molar refractivity (Wildman–Crippen MR) is 109 cm³/mol. The second-order valence-corrected chi connectivity index (χ2v) is 7.35. The van der Waals surface area contributed by atoms with Crippen LogP contribution in [0.5, 0.6) is 0 Å². The van der Waals surface area contributed by atoms with E-state index in [1.54, 1.807) is 12.1 Å². The Hall–Kier alpha value is -2.87. The van der Waals surface area contributed by atoms with Crippen LogP contribution in [0, 0.1) is 12.7 Å². The van der Waals surface area contributed by atoms with Gasteiger partial charge in [0.2, 0.25) is 11.1 Å². The smallest absolute Gasteiger partial charge is 0.230 e. The van der Waals surface area contributed by atoms with Crippen LogP contribution in [-0.2, 0) is 4.79 Å². The molecule has 2 aromatic carbocycles. The third-order valence-electron chi connectivity index (χ3n) is 4.32. The maximum Gasteiger partial charge on any atom is 0.230 e. The molecule has 0 unspecified atom stereocenters. The Bertz CT molecular complexity index is 940. The number of hydrogen-bond acceptors (Lipinski definition) is 5. The Morgan fingerprint density at radius 3 is 2.50 bits per heavy atom. The highest BCUT2D eigenvalue weighted by molar-refractivity contribution is 7.99. The molecule has 0 radical (unpaired) electrons. The zero-order valence-electron chi connectivity index (χ0n) is 15.7. The van der Waals surface area contributed by atoms with Crippen molar-refractivity contribution in [3.8, 4) is 11.4 Å². The molecule has 1 atom stereocenters. The van der Waals surface area contributed by atoms with Crippen LogP contribution in [-0.4, -0.2) is 26.5 Å². The number of aromatic nitrogens is 3. The van der Waals surface area contributed by atoms with Crippen LogP contribution in [0.4, 0.5) is 4.39 Å². The number of nitrogens with one attached hydrogen (secondary N) is 1. The summed E-state index contributed by atoms with van der Waals surface area (Å²) in [5.74, 6) is 6.17. The van der Waals surface area contributed by atoms with Gasteiger partial charge in [-0.1, -0.05) is 48.5 Å². The SMILES string of the molecule is CC[C@@H](NC(=O)CSc1nnc(-c2ccc(F)cc2)n1N)c1ccc(C)cc1. The van der Waals surface area contributed by atoms with E-state index in [4.69, 9.17) is 5.84 Å². The van der Waals surface area contributed by atoms with Gasteiger partial charge < -0.3 is 11.2 Å². The summed E-state index contributed by atoms with van der Waals surface area (Å²) in [6, 6.07) is 13.9. The maximum atomic E-state index is 13.1. The molecule has 0 saturated carbocycles. The van der Waals surface area contributed by atoms with Crippen LogP contribution in [0.3, 0.4) is 0 Å². The second-order valence-electron chi connectivity index (χ2n) is 6.41. The quantitative estimate of drug-likeness (QED) is 0.469. The van der Waals surface area contributed by atoms with Gasteiger partial charge >= 0.3 is 0 Å². The van der Waals surface area contributed by atoms with Gasteiger partial charge in [-0.25, -0.2) is 9.07 Å². The highest BCUT2D eigenvalue weighted by Crippen LogP contribution is 2.22. The molecule has 1 heterocycles. The first-order chi connectivity index (χ1) is 13.5. The maximum absolute atomic E-state index is 13.1. The highest BCUT2D eigenvalue weighted by atomic mass is 32.2. The molecule has 0 fully saturated rings. The lowest BCUT2D eigenvalue weighted by molar-refractivity contribution is -0.119. The van der Waals surface area contributed by atoms with Gasteiger partial charge in [0.15, 0.2) is 5.82 Å². The lowest BCUT2D eigenvalue weighted by Crippen LogP contribution is -2.29. The zero-order chi connectivity index (χ0) is 20.1. The average Bonchev–Trinajstić information content (AvgIpc) is 3.06. The van der Waals surface area contributed by atoms with Crippen LogP contribution in [0.15, 0.2) is 53.7 Å². The molecule has 1 aromatic heterocycles. The van der Waals surface area contributed by atoms with Crippen LogP contribution in [0.25, 0.3) is 11.4 Å². The molecular formula is C20H22FN5OS. The van der Waals surface area contributed by atoms with Crippen molar-refractivity contribution in [1.29, 1.82) is 0 Å². The van der Waals surface area contributed by atoms with Crippen molar-refractivity contribution in [2.45, 2.75) is 31.5 Å². The van der Waals surface area contributed by atoms with Crippen LogP contribution >= 0.6 is 11.8 Å². The van der Waals surface area contributed by atoms with Gasteiger partial charge in [0.1, 0.15) is 5.82 Å². The van der Waals surface area contributed by atoms with E-state index in [9.17, 15) is 9.18 Å². The largest absolute Gasteiger partial charge is 0.349 e. The molecule has 0 spiro atoms. The molecule has 3 N–H and O–H groups in total. The molecule has 0 saturated heterocycles. The molecule has 3 rings (SSSR count). The lowest BCUT2D eigenvalue weighted by Gasteiger charge is -2.17. The Labute approximate surface area is 167 Å². The van der Waals surface area contributed by atoms with E-state index >= 15 is 0 Å². The van der Waals surface area contributed by atoms with E-state index in [-0.39, 0.29) is 23.5 Å². The molecule has 0 aliphatic carbocycles. The number of carbonyl (C=O) groups is 1. The normalized spacial score (nSPS) is 12.0. The second kappa shape index (κ2) is 8.88. The number of carbonyl (C=O) groups excluding carboxylic acids is 1. The third-order valence-corrected chi connectivity index (χ3v) is 5.27. The third kappa shape index (κ3) is 4.69. The highest BCUT2D eigenvalue weighted by Gasteiger charge is 2.16. The van der Waals surface area contributed by atoms with E-state index in [0.717, 1.165) is 12.0 Å². The fourth-order valence-electron chi connectivity index (χ4n) is 2.76. The summed E-state index contributed by atoms with van der Waals surface area (Å²) in [7, 11) is 0. The molecule has 8 heteroatoms. The molecule has 0 bridgehead atoms. The van der Waals surface area contributed by atoms with Gasteiger partial charge in [0, 0.05) is 5.56 Å². The van der Waals surface area contributed by atoms with Crippen molar-refractivity contribution < 1.29 is 9.18 Å². The van der Waals surface area contributed by atoms with E-state index in [0.29, 0.717) is 16.5 Å². The van der Waals surface area contributed by atoms with E-state index in [2.05, 4.69) is 15.5 Å². The Morgan fingerprint density at radius 2 is 1.86 bits per heavy atom. The Morgan fingerprint density at radius 1 is 1.18 bits per heavy atom. The number of aryl methyl sites for hydroxylation is 1. The monoisotopic (exact) mass is 399 g/mol. The minimum absolute atomic E-state index is 0.0424. The number of thioether (sulfide) groups is 1. The van der Waals surface area contributed by atoms with Gasteiger partial charge in [-0.2, -0.15) is 0 Å². The van der Waals surface area contributed by atoms with Gasteiger partial charge in [-0.05, 0) is 43.2 Å². The first-order valence-electron chi connectivity index (χ1n) is 8.93. The topological polar surface area (TPSA) is 85.8 Å². The number of nitrogens with two attached hydrogens (primary N) is 1. The number of rotatable bonds is 7. The van der Waals surface area contributed by atoms with Crippen molar-refractivity contribution in [2.24, 2.45) is 0 Å². The summed E-state index contributed by atoms with van der Waals surface area (Å²) in [5, 5.41) is 11.5. The van der Waals surface area contributed by atoms with E-state index in [1.165, 1.54) is 34.1 Å². The standard InChI is InChI=1S/C20H22FN5OS/c1-3-17(14-6-4-13(2)5-7-14)23-18(27)12-28-20-25-24-19(26(20)22)15-8-10-16(21)11-9-15/h4-11,17H,3,12,22H2,1-2H3,(H,23,27)/t17-/m1/s1. The molecule has 6 nitrogen and oxygen atoms in total. The molecule has 0 aliphatic rings. The molecule has 3 aromatic rings. The minimum Gasteiger partial charge on any atom is -0.349 e. The minimum atomic E-state index is -0.336. The van der Waals surface area contributed by atoms with Crippen LogP contribution in [0.1, 0.15) is 30.5 Å². The Kier molecular flexibility index (Phi) is 6.30.